The smallest absolute Gasteiger partial charge is 0.316 e. The number of carbonyl (C=O) groups excluding carboxylic acids is 1. The van der Waals surface area contributed by atoms with Crippen LogP contribution in [-0.4, -0.2) is 57.1 Å². The van der Waals surface area contributed by atoms with Gasteiger partial charge < -0.3 is 15.1 Å². The van der Waals surface area contributed by atoms with E-state index in [9.17, 15) is 4.79 Å². The van der Waals surface area contributed by atoms with Crippen LogP contribution in [-0.2, 0) is 0 Å². The molecule has 0 spiro atoms. The Balaban J connectivity index is 3.52. The Morgan fingerprint density at radius 2 is 1.82 bits per heavy atom. The second kappa shape index (κ2) is 4.96. The number of hydrogen-bond acceptors (Lipinski definition) is 2. The Morgan fingerprint density at radius 1 is 1.27 bits per heavy atom. The van der Waals surface area contributed by atoms with Gasteiger partial charge in [-0.15, -0.1) is 0 Å². The summed E-state index contributed by atoms with van der Waals surface area (Å²) in [5.74, 6) is 0. The lowest BCUT2D eigenvalue weighted by molar-refractivity contribution is 0.206. The maximum absolute atomic E-state index is 10.9. The van der Waals surface area contributed by atoms with Gasteiger partial charge in [-0.1, -0.05) is 0 Å². The van der Waals surface area contributed by atoms with Gasteiger partial charge in [0, 0.05) is 27.2 Å². The highest BCUT2D eigenvalue weighted by molar-refractivity contribution is 5.73. The van der Waals surface area contributed by atoms with Crippen LogP contribution in [0.2, 0.25) is 0 Å². The number of carbonyl (C=O) groups is 1. The van der Waals surface area contributed by atoms with Crippen molar-refractivity contribution in [2.24, 2.45) is 0 Å². The SMILES string of the molecule is CNC(=O)N(C)CCN(C)C. The number of likely N-dealkylation sites (N-methyl/N-ethyl adjacent to an activating group) is 2. The van der Waals surface area contributed by atoms with Crippen LogP contribution in [0.1, 0.15) is 0 Å². The van der Waals surface area contributed by atoms with Crippen molar-refractivity contribution in [1.82, 2.24) is 15.1 Å². The summed E-state index contributed by atoms with van der Waals surface area (Å²) in [5.41, 5.74) is 0. The molecule has 0 bridgehead atoms. The van der Waals surface area contributed by atoms with Crippen molar-refractivity contribution in [1.29, 1.82) is 0 Å². The predicted molar refractivity (Wildman–Crippen MR) is 45.6 cm³/mol. The van der Waals surface area contributed by atoms with Crippen LogP contribution in [0.25, 0.3) is 0 Å². The number of hydrogen-bond donors (Lipinski definition) is 1. The van der Waals surface area contributed by atoms with E-state index in [-0.39, 0.29) is 6.03 Å². The molecule has 0 aliphatic rings. The Kier molecular flexibility index (Phi) is 4.61. The van der Waals surface area contributed by atoms with E-state index in [2.05, 4.69) is 5.32 Å². The molecule has 1 N–H and O–H groups in total. The van der Waals surface area contributed by atoms with Gasteiger partial charge in [0.15, 0.2) is 0 Å². The maximum Gasteiger partial charge on any atom is 0.316 e. The van der Waals surface area contributed by atoms with E-state index in [4.69, 9.17) is 0 Å². The zero-order valence-electron chi connectivity index (χ0n) is 7.72. The second-order valence-corrected chi connectivity index (χ2v) is 2.78. The molecule has 0 rings (SSSR count). The molecule has 0 aromatic heterocycles. The van der Waals surface area contributed by atoms with Crippen molar-refractivity contribution < 1.29 is 4.79 Å². The van der Waals surface area contributed by atoms with Crippen molar-refractivity contribution >= 4 is 6.03 Å². The predicted octanol–water partition coefficient (Wildman–Crippen LogP) is -0.181. The molecule has 0 radical (unpaired) electrons. The van der Waals surface area contributed by atoms with E-state index in [1.807, 2.05) is 19.0 Å². The van der Waals surface area contributed by atoms with Crippen molar-refractivity contribution in [3.63, 3.8) is 0 Å². The molecule has 0 aromatic carbocycles. The highest BCUT2D eigenvalue weighted by Gasteiger charge is 2.04. The largest absolute Gasteiger partial charge is 0.341 e. The van der Waals surface area contributed by atoms with Crippen LogP contribution in [0.5, 0.6) is 0 Å². The summed E-state index contributed by atoms with van der Waals surface area (Å²) in [4.78, 5) is 14.6. The lowest BCUT2D eigenvalue weighted by Crippen LogP contribution is -2.38. The van der Waals surface area contributed by atoms with Gasteiger partial charge in [0.05, 0.1) is 0 Å². The molecule has 66 valence electrons. The molecule has 4 nitrogen and oxygen atoms in total. The van der Waals surface area contributed by atoms with Crippen LogP contribution in [0.4, 0.5) is 4.79 Å². The van der Waals surface area contributed by atoms with Crippen LogP contribution >= 0.6 is 0 Å². The minimum absolute atomic E-state index is 0.0353. The molecular weight excluding hydrogens is 142 g/mol. The summed E-state index contributed by atoms with van der Waals surface area (Å²) in [5, 5.41) is 2.56. The van der Waals surface area contributed by atoms with Crippen LogP contribution in [0, 0.1) is 0 Å². The van der Waals surface area contributed by atoms with Gasteiger partial charge in [-0.25, -0.2) is 4.79 Å². The van der Waals surface area contributed by atoms with Gasteiger partial charge in [-0.2, -0.15) is 0 Å². The molecule has 4 heteroatoms. The first-order chi connectivity index (χ1) is 5.07. The quantitative estimate of drug-likeness (QED) is 0.620. The summed E-state index contributed by atoms with van der Waals surface area (Å²) >= 11 is 0. The third-order valence-electron chi connectivity index (χ3n) is 1.44. The minimum Gasteiger partial charge on any atom is -0.341 e. The van der Waals surface area contributed by atoms with E-state index >= 15 is 0 Å². The van der Waals surface area contributed by atoms with E-state index in [0.29, 0.717) is 0 Å². The molecule has 0 atom stereocenters. The fourth-order valence-electron chi connectivity index (χ4n) is 0.642. The fourth-order valence-corrected chi connectivity index (χ4v) is 0.642. The monoisotopic (exact) mass is 159 g/mol. The highest BCUT2D eigenvalue weighted by Crippen LogP contribution is 1.83. The molecule has 0 aliphatic carbocycles. The number of rotatable bonds is 3. The maximum atomic E-state index is 10.9. The van der Waals surface area contributed by atoms with Gasteiger partial charge in [-0.3, -0.25) is 0 Å². The van der Waals surface area contributed by atoms with E-state index < -0.39 is 0 Å². The number of nitrogens with one attached hydrogen (secondary N) is 1. The van der Waals surface area contributed by atoms with Crippen molar-refractivity contribution in [2.45, 2.75) is 0 Å². The molecule has 0 aromatic rings. The molecule has 0 saturated heterocycles. The van der Waals surface area contributed by atoms with Gasteiger partial charge in [0.25, 0.3) is 0 Å². The number of nitrogens with zero attached hydrogens (tertiary/aromatic N) is 2. The average Bonchev–Trinajstić information content (AvgIpc) is 1.98. The van der Waals surface area contributed by atoms with Gasteiger partial charge >= 0.3 is 6.03 Å². The zero-order valence-corrected chi connectivity index (χ0v) is 7.72. The van der Waals surface area contributed by atoms with Crippen molar-refractivity contribution in [3.8, 4) is 0 Å². The molecule has 0 aliphatic heterocycles. The Hall–Kier alpha value is -0.770. The third kappa shape index (κ3) is 4.61. The zero-order chi connectivity index (χ0) is 8.85. The summed E-state index contributed by atoms with van der Waals surface area (Å²) in [6.45, 7) is 1.65. The van der Waals surface area contributed by atoms with Crippen LogP contribution < -0.4 is 5.32 Å². The van der Waals surface area contributed by atoms with Gasteiger partial charge in [0.2, 0.25) is 0 Å². The molecule has 0 fully saturated rings. The Labute approximate surface area is 68.2 Å². The summed E-state index contributed by atoms with van der Waals surface area (Å²) < 4.78 is 0. The van der Waals surface area contributed by atoms with Crippen LogP contribution in [0.15, 0.2) is 0 Å². The second-order valence-electron chi connectivity index (χ2n) is 2.78. The first kappa shape index (κ1) is 10.2. The summed E-state index contributed by atoms with van der Waals surface area (Å²) in [6.07, 6.45) is 0. The topological polar surface area (TPSA) is 35.6 Å². The summed E-state index contributed by atoms with van der Waals surface area (Å²) in [6, 6.07) is -0.0353. The average molecular weight is 159 g/mol. The Bertz CT molecular complexity index is 125. The normalized spacial score (nSPS) is 9.91. The minimum atomic E-state index is -0.0353. The third-order valence-corrected chi connectivity index (χ3v) is 1.44. The van der Waals surface area contributed by atoms with E-state index in [1.54, 1.807) is 19.0 Å². The first-order valence-electron chi connectivity index (χ1n) is 3.65. The van der Waals surface area contributed by atoms with Gasteiger partial charge in [0.1, 0.15) is 0 Å². The molecule has 11 heavy (non-hydrogen) atoms. The van der Waals surface area contributed by atoms with Crippen LogP contribution in [0.3, 0.4) is 0 Å². The fraction of sp³-hybridized carbons (Fsp3) is 0.857. The Morgan fingerprint density at radius 3 is 2.18 bits per heavy atom. The highest BCUT2D eigenvalue weighted by atomic mass is 16.2. The summed E-state index contributed by atoms with van der Waals surface area (Å²) in [7, 11) is 7.38. The van der Waals surface area contributed by atoms with Gasteiger partial charge in [-0.05, 0) is 14.1 Å². The lowest BCUT2D eigenvalue weighted by Gasteiger charge is -2.18. The standard InChI is InChI=1S/C7H17N3O/c1-8-7(11)10(4)6-5-9(2)3/h5-6H2,1-4H3,(H,8,11). The lowest BCUT2D eigenvalue weighted by atomic mass is 10.5. The molecule has 2 amide bonds. The number of amides is 2. The van der Waals surface area contributed by atoms with E-state index in [1.165, 1.54) is 0 Å². The first-order valence-corrected chi connectivity index (χ1v) is 3.65. The van der Waals surface area contributed by atoms with Crippen molar-refractivity contribution in [2.75, 3.05) is 41.3 Å². The molecular formula is C7H17N3O. The molecule has 0 saturated carbocycles. The van der Waals surface area contributed by atoms with Crippen molar-refractivity contribution in [3.05, 3.63) is 0 Å². The van der Waals surface area contributed by atoms with E-state index in [0.717, 1.165) is 13.1 Å². The molecule has 0 heterocycles. The molecule has 0 unspecified atom stereocenters. The number of urea groups is 1.